The molecule has 0 spiro atoms. The Balaban J connectivity index is 1.99. The lowest BCUT2D eigenvalue weighted by Crippen LogP contribution is -2.01. The molecule has 0 unspecified atom stereocenters. The first-order chi connectivity index (χ1) is 7.20. The lowest BCUT2D eigenvalue weighted by Gasteiger charge is -2.05. The Morgan fingerprint density at radius 2 is 2.00 bits per heavy atom. The van der Waals surface area contributed by atoms with Crippen LogP contribution >= 0.6 is 0 Å². The Kier molecular flexibility index (Phi) is 2.86. The average molecular weight is 214 g/mol. The fourth-order valence-corrected chi connectivity index (χ4v) is 1.75. The fraction of sp³-hybridized carbons (Fsp3) is 0.455. The van der Waals surface area contributed by atoms with E-state index in [1.54, 1.807) is 12.1 Å². The summed E-state index contributed by atoms with van der Waals surface area (Å²) in [4.78, 5) is 0. The van der Waals surface area contributed by atoms with Crippen LogP contribution in [0.4, 0.5) is 8.78 Å². The van der Waals surface area contributed by atoms with E-state index in [0.717, 1.165) is 12.0 Å². The smallest absolute Gasteiger partial charge is 0.387 e. The van der Waals surface area contributed by atoms with Crippen LogP contribution in [0.15, 0.2) is 24.3 Å². The van der Waals surface area contributed by atoms with Gasteiger partial charge in [-0.15, -0.1) is 0 Å². The summed E-state index contributed by atoms with van der Waals surface area (Å²) >= 11 is 0. The number of ether oxygens (including phenoxy) is 1. The van der Waals surface area contributed by atoms with Gasteiger partial charge in [-0.3, -0.25) is 0 Å². The monoisotopic (exact) mass is 214 g/mol. The minimum atomic E-state index is -2.78. The van der Waals surface area contributed by atoms with Gasteiger partial charge in [0, 0.05) is 6.61 Å². The molecule has 15 heavy (non-hydrogen) atoms. The fourth-order valence-electron chi connectivity index (χ4n) is 1.75. The molecule has 0 aliphatic heterocycles. The van der Waals surface area contributed by atoms with Crippen LogP contribution < -0.4 is 4.74 Å². The van der Waals surface area contributed by atoms with E-state index in [0.29, 0.717) is 11.8 Å². The van der Waals surface area contributed by atoms with E-state index >= 15 is 0 Å². The first-order valence-corrected chi connectivity index (χ1v) is 4.86. The van der Waals surface area contributed by atoms with Gasteiger partial charge in [-0.2, -0.15) is 8.78 Å². The Morgan fingerprint density at radius 3 is 2.47 bits per heavy atom. The van der Waals surface area contributed by atoms with E-state index in [-0.39, 0.29) is 12.4 Å². The molecule has 1 aliphatic carbocycles. The third-order valence-electron chi connectivity index (χ3n) is 2.69. The quantitative estimate of drug-likeness (QED) is 0.833. The second-order valence-electron chi connectivity index (χ2n) is 3.73. The zero-order valence-corrected chi connectivity index (χ0v) is 8.07. The van der Waals surface area contributed by atoms with Gasteiger partial charge >= 0.3 is 6.61 Å². The zero-order chi connectivity index (χ0) is 10.8. The van der Waals surface area contributed by atoms with Crippen LogP contribution in [0, 0.1) is 5.92 Å². The summed E-state index contributed by atoms with van der Waals surface area (Å²) in [6.45, 7) is -2.58. The van der Waals surface area contributed by atoms with Crippen molar-refractivity contribution in [1.29, 1.82) is 0 Å². The molecule has 1 aromatic rings. The van der Waals surface area contributed by atoms with Crippen LogP contribution in [-0.2, 0) is 0 Å². The SMILES string of the molecule is OC[C@@H]1C[C@@H]1c1ccc(OC(F)F)cc1. The van der Waals surface area contributed by atoms with Crippen LogP contribution in [0.25, 0.3) is 0 Å². The highest BCUT2D eigenvalue weighted by molar-refractivity contribution is 5.32. The zero-order valence-electron chi connectivity index (χ0n) is 8.07. The highest BCUT2D eigenvalue weighted by Gasteiger charge is 2.37. The predicted molar refractivity (Wildman–Crippen MR) is 51.0 cm³/mol. The second-order valence-corrected chi connectivity index (χ2v) is 3.73. The molecule has 2 nitrogen and oxygen atoms in total. The van der Waals surface area contributed by atoms with Crippen molar-refractivity contribution in [2.24, 2.45) is 5.92 Å². The van der Waals surface area contributed by atoms with Crippen LogP contribution in [0.1, 0.15) is 17.9 Å². The maximum Gasteiger partial charge on any atom is 0.387 e. The third kappa shape index (κ3) is 2.45. The predicted octanol–water partition coefficient (Wildman–Crippen LogP) is 2.38. The van der Waals surface area contributed by atoms with Gasteiger partial charge < -0.3 is 9.84 Å². The van der Waals surface area contributed by atoms with Crippen molar-refractivity contribution in [3.05, 3.63) is 29.8 Å². The molecule has 0 radical (unpaired) electrons. The summed E-state index contributed by atoms with van der Waals surface area (Å²) in [6, 6.07) is 6.62. The number of hydrogen-bond donors (Lipinski definition) is 1. The molecule has 82 valence electrons. The second kappa shape index (κ2) is 4.14. The number of hydrogen-bond acceptors (Lipinski definition) is 2. The van der Waals surface area contributed by atoms with Crippen LogP contribution in [0.3, 0.4) is 0 Å². The molecular weight excluding hydrogens is 202 g/mol. The van der Waals surface area contributed by atoms with E-state index in [1.807, 2.05) is 0 Å². The van der Waals surface area contributed by atoms with E-state index in [1.165, 1.54) is 12.1 Å². The molecule has 1 N–H and O–H groups in total. The molecule has 2 rings (SSSR count). The van der Waals surface area contributed by atoms with E-state index in [9.17, 15) is 8.78 Å². The van der Waals surface area contributed by atoms with Crippen molar-refractivity contribution >= 4 is 0 Å². The molecule has 0 aromatic heterocycles. The Labute approximate surface area is 86.5 Å². The molecule has 1 aromatic carbocycles. The maximum absolute atomic E-state index is 11.9. The number of aliphatic hydroxyl groups excluding tert-OH is 1. The normalized spacial score (nSPS) is 24.3. The van der Waals surface area contributed by atoms with Crippen molar-refractivity contribution in [3.63, 3.8) is 0 Å². The summed E-state index contributed by atoms with van der Waals surface area (Å²) in [5.74, 6) is 0.900. The lowest BCUT2D eigenvalue weighted by atomic mass is 10.1. The molecule has 4 heteroatoms. The summed E-state index contributed by atoms with van der Waals surface area (Å²) in [6.07, 6.45) is 0.978. The van der Waals surface area contributed by atoms with Crippen LogP contribution in [-0.4, -0.2) is 18.3 Å². The molecule has 0 heterocycles. The highest BCUT2D eigenvalue weighted by Crippen LogP contribution is 2.47. The molecular formula is C11H12F2O2. The van der Waals surface area contributed by atoms with Gasteiger partial charge in [-0.1, -0.05) is 12.1 Å². The summed E-state index contributed by atoms with van der Waals surface area (Å²) in [7, 11) is 0. The van der Waals surface area contributed by atoms with Crippen molar-refractivity contribution < 1.29 is 18.6 Å². The molecule has 1 fully saturated rings. The van der Waals surface area contributed by atoms with Gasteiger partial charge in [0.05, 0.1) is 0 Å². The van der Waals surface area contributed by atoms with Crippen molar-refractivity contribution in [2.75, 3.05) is 6.61 Å². The number of benzene rings is 1. The van der Waals surface area contributed by atoms with Crippen molar-refractivity contribution in [2.45, 2.75) is 19.0 Å². The number of aliphatic hydroxyl groups is 1. The summed E-state index contributed by atoms with van der Waals surface area (Å²) in [5, 5.41) is 8.89. The van der Waals surface area contributed by atoms with Crippen LogP contribution in [0.2, 0.25) is 0 Å². The van der Waals surface area contributed by atoms with Gasteiger partial charge in [0.2, 0.25) is 0 Å². The molecule has 1 aliphatic rings. The highest BCUT2D eigenvalue weighted by atomic mass is 19.3. The number of halogens is 2. The van der Waals surface area contributed by atoms with Crippen molar-refractivity contribution in [1.82, 2.24) is 0 Å². The minimum absolute atomic E-state index is 0.176. The molecule has 0 amide bonds. The molecule has 2 atom stereocenters. The molecule has 1 saturated carbocycles. The first kappa shape index (κ1) is 10.4. The Bertz CT molecular complexity index is 324. The largest absolute Gasteiger partial charge is 0.435 e. The number of rotatable bonds is 4. The van der Waals surface area contributed by atoms with Crippen LogP contribution in [0.5, 0.6) is 5.75 Å². The van der Waals surface area contributed by atoms with Gasteiger partial charge in [0.25, 0.3) is 0 Å². The Hall–Kier alpha value is -1.16. The summed E-state index contributed by atoms with van der Waals surface area (Å²) < 4.78 is 27.9. The maximum atomic E-state index is 11.9. The van der Waals surface area contributed by atoms with Gasteiger partial charge in [-0.25, -0.2) is 0 Å². The number of alkyl halides is 2. The summed E-state index contributed by atoms with van der Waals surface area (Å²) in [5.41, 5.74) is 1.08. The topological polar surface area (TPSA) is 29.5 Å². The van der Waals surface area contributed by atoms with Gasteiger partial charge in [0.15, 0.2) is 0 Å². The standard InChI is InChI=1S/C11H12F2O2/c12-11(13)15-9-3-1-7(2-4-9)10-5-8(10)6-14/h1-4,8,10-11,14H,5-6H2/t8-,10+/m0/s1. The average Bonchev–Trinajstić information content (AvgIpc) is 2.97. The minimum Gasteiger partial charge on any atom is -0.435 e. The van der Waals surface area contributed by atoms with Gasteiger partial charge in [0.1, 0.15) is 5.75 Å². The lowest BCUT2D eigenvalue weighted by molar-refractivity contribution is -0.0498. The Morgan fingerprint density at radius 1 is 1.33 bits per heavy atom. The molecule has 0 saturated heterocycles. The third-order valence-corrected chi connectivity index (χ3v) is 2.69. The van der Waals surface area contributed by atoms with E-state index < -0.39 is 6.61 Å². The van der Waals surface area contributed by atoms with Gasteiger partial charge in [-0.05, 0) is 36.0 Å². The van der Waals surface area contributed by atoms with Crippen molar-refractivity contribution in [3.8, 4) is 5.75 Å². The first-order valence-electron chi connectivity index (χ1n) is 4.86. The van der Waals surface area contributed by atoms with E-state index in [4.69, 9.17) is 5.11 Å². The molecule has 0 bridgehead atoms. The van der Waals surface area contributed by atoms with E-state index in [2.05, 4.69) is 4.74 Å².